The third-order valence-electron chi connectivity index (χ3n) is 2.62. The highest BCUT2D eigenvalue weighted by Gasteiger charge is 2.07. The number of benzene rings is 1. The maximum absolute atomic E-state index is 5.73. The van der Waals surface area contributed by atoms with Gasteiger partial charge in [-0.2, -0.15) is 0 Å². The summed E-state index contributed by atoms with van der Waals surface area (Å²) in [5.41, 5.74) is 1.25. The van der Waals surface area contributed by atoms with Gasteiger partial charge in [-0.3, -0.25) is 0 Å². The van der Waals surface area contributed by atoms with Gasteiger partial charge >= 0.3 is 0 Å². The molecule has 0 spiro atoms. The van der Waals surface area contributed by atoms with Crippen LogP contribution in [-0.2, 0) is 13.0 Å². The van der Waals surface area contributed by atoms with E-state index in [0.29, 0.717) is 11.2 Å². The van der Waals surface area contributed by atoms with Gasteiger partial charge in [-0.05, 0) is 24.1 Å². The van der Waals surface area contributed by atoms with Gasteiger partial charge in [0.15, 0.2) is 0 Å². The van der Waals surface area contributed by atoms with Crippen LogP contribution < -0.4 is 10.1 Å². The lowest BCUT2D eigenvalue weighted by Crippen LogP contribution is -2.21. The molecule has 0 aliphatic carbocycles. The van der Waals surface area contributed by atoms with Crippen LogP contribution in [0.5, 0.6) is 10.9 Å². The number of nitrogens with one attached hydrogen (secondary N) is 1. The molecule has 4 nitrogen and oxygen atoms in total. The summed E-state index contributed by atoms with van der Waals surface area (Å²) in [4.78, 5) is 0. The number of hydrogen-bond acceptors (Lipinski definition) is 5. The lowest BCUT2D eigenvalue weighted by molar-refractivity contribution is 0.472. The summed E-state index contributed by atoms with van der Waals surface area (Å²) in [7, 11) is 0. The van der Waals surface area contributed by atoms with Gasteiger partial charge in [0.25, 0.3) is 5.19 Å². The largest absolute Gasteiger partial charge is 0.430 e. The number of aromatic nitrogens is 2. The van der Waals surface area contributed by atoms with Crippen LogP contribution in [0.1, 0.15) is 31.3 Å². The molecule has 0 unspecified atom stereocenters. The minimum atomic E-state index is 0.439. The van der Waals surface area contributed by atoms with E-state index in [9.17, 15) is 0 Å². The first-order valence-electron chi connectivity index (χ1n) is 6.50. The van der Waals surface area contributed by atoms with Gasteiger partial charge in [-0.15, -0.1) is 5.10 Å². The number of rotatable bonds is 6. The fraction of sp³-hybridized carbons (Fsp3) is 0.429. The van der Waals surface area contributed by atoms with Crippen molar-refractivity contribution in [2.45, 2.75) is 39.8 Å². The Morgan fingerprint density at radius 3 is 2.89 bits per heavy atom. The van der Waals surface area contributed by atoms with E-state index in [-0.39, 0.29) is 0 Å². The predicted octanol–water partition coefficient (Wildman–Crippen LogP) is 3.39. The zero-order valence-electron chi connectivity index (χ0n) is 11.5. The Morgan fingerprint density at radius 1 is 1.32 bits per heavy atom. The molecule has 1 aromatic carbocycles. The number of aryl methyl sites for hydroxylation is 1. The quantitative estimate of drug-likeness (QED) is 0.879. The molecule has 0 atom stereocenters. The molecule has 1 N–H and O–H groups in total. The van der Waals surface area contributed by atoms with Crippen molar-refractivity contribution >= 4 is 11.3 Å². The second-order valence-electron chi connectivity index (χ2n) is 4.60. The third kappa shape index (κ3) is 4.29. The van der Waals surface area contributed by atoms with Crippen LogP contribution in [0.4, 0.5) is 0 Å². The minimum Gasteiger partial charge on any atom is -0.430 e. The standard InChI is InChI=1S/C14H19N3OS/c1-4-11-6-5-7-12(8-11)18-14-17-16-13(19-14)9-15-10(2)3/h5-8,10,15H,4,9H2,1-3H3. The molecule has 1 aromatic heterocycles. The smallest absolute Gasteiger partial charge is 0.299 e. The minimum absolute atomic E-state index is 0.439. The average molecular weight is 277 g/mol. The van der Waals surface area contributed by atoms with Gasteiger partial charge in [-0.25, -0.2) is 0 Å². The van der Waals surface area contributed by atoms with Crippen molar-refractivity contribution < 1.29 is 4.74 Å². The number of ether oxygens (including phenoxy) is 1. The Balaban J connectivity index is 1.99. The van der Waals surface area contributed by atoms with Crippen molar-refractivity contribution in [3.63, 3.8) is 0 Å². The second kappa shape index (κ2) is 6.63. The Morgan fingerprint density at radius 2 is 2.16 bits per heavy atom. The van der Waals surface area contributed by atoms with Gasteiger partial charge in [0.05, 0.1) is 6.54 Å². The van der Waals surface area contributed by atoms with Crippen LogP contribution in [-0.4, -0.2) is 16.2 Å². The topological polar surface area (TPSA) is 47.0 Å². The molecule has 5 heteroatoms. The highest BCUT2D eigenvalue weighted by Crippen LogP contribution is 2.25. The third-order valence-corrected chi connectivity index (χ3v) is 3.42. The highest BCUT2D eigenvalue weighted by molar-refractivity contribution is 7.13. The van der Waals surface area contributed by atoms with Crippen LogP contribution in [0, 0.1) is 0 Å². The zero-order valence-corrected chi connectivity index (χ0v) is 12.3. The Kier molecular flexibility index (Phi) is 4.87. The van der Waals surface area contributed by atoms with Crippen LogP contribution in [0.15, 0.2) is 24.3 Å². The fourth-order valence-corrected chi connectivity index (χ4v) is 2.23. The van der Waals surface area contributed by atoms with E-state index in [4.69, 9.17) is 4.74 Å². The number of hydrogen-bond donors (Lipinski definition) is 1. The number of nitrogens with zero attached hydrogens (tertiary/aromatic N) is 2. The first kappa shape index (κ1) is 14.0. The van der Waals surface area contributed by atoms with Crippen molar-refractivity contribution in [3.8, 4) is 10.9 Å². The van der Waals surface area contributed by atoms with Crippen molar-refractivity contribution in [1.29, 1.82) is 0 Å². The van der Waals surface area contributed by atoms with Crippen LogP contribution in [0.25, 0.3) is 0 Å². The second-order valence-corrected chi connectivity index (χ2v) is 5.62. The SMILES string of the molecule is CCc1cccc(Oc2nnc(CNC(C)C)s2)c1. The van der Waals surface area contributed by atoms with Crippen LogP contribution >= 0.6 is 11.3 Å². The van der Waals surface area contributed by atoms with Crippen molar-refractivity contribution in [1.82, 2.24) is 15.5 Å². The molecule has 2 rings (SSSR count). The van der Waals surface area contributed by atoms with E-state index < -0.39 is 0 Å². The highest BCUT2D eigenvalue weighted by atomic mass is 32.1. The van der Waals surface area contributed by atoms with Crippen molar-refractivity contribution in [2.24, 2.45) is 0 Å². The van der Waals surface area contributed by atoms with E-state index in [1.165, 1.54) is 16.9 Å². The van der Waals surface area contributed by atoms with E-state index in [1.807, 2.05) is 18.2 Å². The van der Waals surface area contributed by atoms with Gasteiger partial charge in [0.2, 0.25) is 0 Å². The van der Waals surface area contributed by atoms with Crippen molar-refractivity contribution in [3.05, 3.63) is 34.8 Å². The maximum atomic E-state index is 5.73. The first-order chi connectivity index (χ1) is 9.17. The molecular weight excluding hydrogens is 258 g/mol. The normalized spacial score (nSPS) is 10.9. The summed E-state index contributed by atoms with van der Waals surface area (Å²) in [6, 6.07) is 8.50. The van der Waals surface area contributed by atoms with Crippen molar-refractivity contribution in [2.75, 3.05) is 0 Å². The van der Waals surface area contributed by atoms with E-state index in [0.717, 1.165) is 23.7 Å². The zero-order chi connectivity index (χ0) is 13.7. The molecule has 0 aliphatic rings. The maximum Gasteiger partial charge on any atom is 0.299 e. The van der Waals surface area contributed by atoms with Gasteiger partial charge in [0, 0.05) is 6.04 Å². The Labute approximate surface area is 117 Å². The summed E-state index contributed by atoms with van der Waals surface area (Å²) in [5, 5.41) is 13.0. The first-order valence-corrected chi connectivity index (χ1v) is 7.31. The summed E-state index contributed by atoms with van der Waals surface area (Å²) in [5.74, 6) is 0.818. The van der Waals surface area contributed by atoms with E-state index in [2.05, 4.69) is 42.4 Å². The Bertz CT molecular complexity index is 525. The summed E-state index contributed by atoms with van der Waals surface area (Å²) < 4.78 is 5.73. The van der Waals surface area contributed by atoms with Gasteiger partial charge < -0.3 is 10.1 Å². The molecule has 0 saturated carbocycles. The molecule has 0 radical (unpaired) electrons. The molecule has 0 fully saturated rings. The molecule has 2 aromatic rings. The van der Waals surface area contributed by atoms with Crippen LogP contribution in [0.2, 0.25) is 0 Å². The fourth-order valence-electron chi connectivity index (χ4n) is 1.57. The molecule has 0 bridgehead atoms. The van der Waals surface area contributed by atoms with E-state index in [1.54, 1.807) is 0 Å². The van der Waals surface area contributed by atoms with Gasteiger partial charge in [-0.1, -0.05) is 49.3 Å². The molecule has 102 valence electrons. The molecular formula is C14H19N3OS. The van der Waals surface area contributed by atoms with Crippen LogP contribution in [0.3, 0.4) is 0 Å². The lowest BCUT2D eigenvalue weighted by atomic mass is 10.2. The summed E-state index contributed by atoms with van der Waals surface area (Å²) >= 11 is 1.48. The predicted molar refractivity (Wildman–Crippen MR) is 77.8 cm³/mol. The molecule has 0 saturated heterocycles. The summed E-state index contributed by atoms with van der Waals surface area (Å²) in [6.45, 7) is 7.07. The van der Waals surface area contributed by atoms with Gasteiger partial charge in [0.1, 0.15) is 10.8 Å². The molecule has 0 amide bonds. The molecule has 19 heavy (non-hydrogen) atoms. The lowest BCUT2D eigenvalue weighted by Gasteiger charge is -2.04. The molecule has 1 heterocycles. The Hall–Kier alpha value is -1.46. The summed E-state index contributed by atoms with van der Waals surface area (Å²) in [6.07, 6.45) is 0.997. The average Bonchev–Trinajstić information content (AvgIpc) is 2.84. The molecule has 0 aliphatic heterocycles. The van der Waals surface area contributed by atoms with E-state index >= 15 is 0 Å². The monoisotopic (exact) mass is 277 g/mol.